The van der Waals surface area contributed by atoms with Crippen LogP contribution >= 0.6 is 23.4 Å². The number of anilines is 1. The molecule has 0 heterocycles. The molecule has 0 saturated heterocycles. The summed E-state index contributed by atoms with van der Waals surface area (Å²) in [6.07, 6.45) is 0. The second-order valence-corrected chi connectivity index (χ2v) is 7.65. The highest BCUT2D eigenvalue weighted by molar-refractivity contribution is 8.13. The Labute approximate surface area is 141 Å². The first-order chi connectivity index (χ1) is 10.3. The standard InChI is InChI=1S/C18H20ClNOS/c1-12-15(19)6-5-7-16(12)20-17(21)22-14-10-8-13(9-11-14)18(2,3)4/h5-11H,1-4H3,(H,20,21). The van der Waals surface area contributed by atoms with Crippen LogP contribution in [-0.2, 0) is 5.41 Å². The first kappa shape index (κ1) is 16.9. The van der Waals surface area contributed by atoms with Crippen LogP contribution in [0.25, 0.3) is 0 Å². The average Bonchev–Trinajstić information content (AvgIpc) is 2.43. The molecule has 0 spiro atoms. The lowest BCUT2D eigenvalue weighted by molar-refractivity contribution is 0.269. The van der Waals surface area contributed by atoms with Crippen LogP contribution in [0.3, 0.4) is 0 Å². The number of rotatable bonds is 2. The Morgan fingerprint density at radius 3 is 2.32 bits per heavy atom. The van der Waals surface area contributed by atoms with Crippen molar-refractivity contribution in [3.63, 3.8) is 0 Å². The predicted octanol–water partition coefficient (Wildman–Crippen LogP) is 6.27. The van der Waals surface area contributed by atoms with Crippen molar-refractivity contribution < 1.29 is 4.79 Å². The third-order valence-electron chi connectivity index (χ3n) is 3.44. The summed E-state index contributed by atoms with van der Waals surface area (Å²) in [6.45, 7) is 8.40. The molecule has 0 aliphatic carbocycles. The maximum absolute atomic E-state index is 12.1. The fourth-order valence-electron chi connectivity index (χ4n) is 2.01. The maximum Gasteiger partial charge on any atom is 0.288 e. The van der Waals surface area contributed by atoms with E-state index >= 15 is 0 Å². The number of carbonyl (C=O) groups excluding carboxylic acids is 1. The molecule has 0 saturated carbocycles. The summed E-state index contributed by atoms with van der Waals surface area (Å²) in [6, 6.07) is 13.6. The topological polar surface area (TPSA) is 29.1 Å². The quantitative estimate of drug-likeness (QED) is 0.656. The van der Waals surface area contributed by atoms with Crippen LogP contribution in [0.1, 0.15) is 31.9 Å². The minimum absolute atomic E-state index is 0.114. The monoisotopic (exact) mass is 333 g/mol. The largest absolute Gasteiger partial charge is 0.316 e. The van der Waals surface area contributed by atoms with E-state index in [0.717, 1.165) is 16.1 Å². The van der Waals surface area contributed by atoms with Crippen molar-refractivity contribution in [1.29, 1.82) is 0 Å². The molecule has 0 radical (unpaired) electrons. The van der Waals surface area contributed by atoms with Gasteiger partial charge in [0, 0.05) is 15.6 Å². The Kier molecular flexibility index (Phi) is 5.20. The third-order valence-corrected chi connectivity index (χ3v) is 4.64. The second-order valence-electron chi connectivity index (χ2n) is 6.20. The molecule has 2 rings (SSSR count). The molecule has 0 aromatic heterocycles. The van der Waals surface area contributed by atoms with Crippen LogP contribution in [0.5, 0.6) is 0 Å². The molecule has 0 bridgehead atoms. The van der Waals surface area contributed by atoms with E-state index in [9.17, 15) is 4.79 Å². The van der Waals surface area contributed by atoms with Gasteiger partial charge in [-0.05, 0) is 59.5 Å². The van der Waals surface area contributed by atoms with Crippen molar-refractivity contribution in [2.75, 3.05) is 5.32 Å². The predicted molar refractivity (Wildman–Crippen MR) is 96.2 cm³/mol. The number of carbonyl (C=O) groups is 1. The average molecular weight is 334 g/mol. The first-order valence-electron chi connectivity index (χ1n) is 7.12. The SMILES string of the molecule is Cc1c(Cl)cccc1NC(=O)Sc1ccc(C(C)(C)C)cc1. The molecule has 0 aliphatic heterocycles. The number of benzene rings is 2. The van der Waals surface area contributed by atoms with Gasteiger partial charge in [-0.1, -0.05) is 50.6 Å². The zero-order valence-electron chi connectivity index (χ0n) is 13.2. The van der Waals surface area contributed by atoms with Crippen molar-refractivity contribution in [2.24, 2.45) is 0 Å². The van der Waals surface area contributed by atoms with Gasteiger partial charge in [0.25, 0.3) is 5.24 Å². The van der Waals surface area contributed by atoms with Gasteiger partial charge in [-0.3, -0.25) is 4.79 Å². The van der Waals surface area contributed by atoms with Gasteiger partial charge in [0.05, 0.1) is 0 Å². The molecule has 2 aromatic carbocycles. The molecule has 0 unspecified atom stereocenters. The molecule has 1 amide bonds. The summed E-state index contributed by atoms with van der Waals surface area (Å²) >= 11 is 7.24. The van der Waals surface area contributed by atoms with Crippen LogP contribution in [-0.4, -0.2) is 5.24 Å². The smallest absolute Gasteiger partial charge is 0.288 e. The minimum Gasteiger partial charge on any atom is -0.316 e. The number of hydrogen-bond donors (Lipinski definition) is 1. The lowest BCUT2D eigenvalue weighted by Gasteiger charge is -2.19. The van der Waals surface area contributed by atoms with Crippen molar-refractivity contribution in [3.05, 3.63) is 58.6 Å². The molecular formula is C18H20ClNOS. The zero-order valence-corrected chi connectivity index (χ0v) is 14.8. The van der Waals surface area contributed by atoms with Crippen molar-refractivity contribution in [1.82, 2.24) is 0 Å². The number of hydrogen-bond acceptors (Lipinski definition) is 2. The summed E-state index contributed by atoms with van der Waals surface area (Å²) in [4.78, 5) is 13.1. The summed E-state index contributed by atoms with van der Waals surface area (Å²) in [5.41, 5.74) is 2.99. The van der Waals surface area contributed by atoms with Crippen molar-refractivity contribution in [2.45, 2.75) is 38.0 Å². The molecule has 2 nitrogen and oxygen atoms in total. The van der Waals surface area contributed by atoms with Gasteiger partial charge in [-0.15, -0.1) is 0 Å². The van der Waals surface area contributed by atoms with E-state index in [1.54, 1.807) is 0 Å². The Morgan fingerprint density at radius 1 is 1.09 bits per heavy atom. The molecule has 2 aromatic rings. The molecule has 4 heteroatoms. The van der Waals surface area contributed by atoms with Gasteiger partial charge in [0.2, 0.25) is 0 Å². The Morgan fingerprint density at radius 2 is 1.73 bits per heavy atom. The third kappa shape index (κ3) is 4.28. The van der Waals surface area contributed by atoms with Crippen LogP contribution in [0, 0.1) is 6.92 Å². The maximum atomic E-state index is 12.1. The van der Waals surface area contributed by atoms with Gasteiger partial charge in [-0.25, -0.2) is 0 Å². The highest BCUT2D eigenvalue weighted by Crippen LogP contribution is 2.28. The van der Waals surface area contributed by atoms with Gasteiger partial charge in [0.15, 0.2) is 0 Å². The molecule has 1 N–H and O–H groups in total. The molecule has 0 atom stereocenters. The molecule has 0 fully saturated rings. The van der Waals surface area contributed by atoms with E-state index in [4.69, 9.17) is 11.6 Å². The highest BCUT2D eigenvalue weighted by Gasteiger charge is 2.14. The zero-order chi connectivity index (χ0) is 16.3. The van der Waals surface area contributed by atoms with E-state index in [1.807, 2.05) is 37.3 Å². The van der Waals surface area contributed by atoms with Crippen LogP contribution in [0.4, 0.5) is 10.5 Å². The van der Waals surface area contributed by atoms with Gasteiger partial charge in [0.1, 0.15) is 0 Å². The fraction of sp³-hybridized carbons (Fsp3) is 0.278. The van der Waals surface area contributed by atoms with Crippen LogP contribution in [0.15, 0.2) is 47.4 Å². The molecule has 22 heavy (non-hydrogen) atoms. The highest BCUT2D eigenvalue weighted by atomic mass is 35.5. The normalized spacial score (nSPS) is 11.3. The van der Waals surface area contributed by atoms with Crippen molar-refractivity contribution >= 4 is 34.3 Å². The van der Waals surface area contributed by atoms with E-state index in [1.165, 1.54) is 17.3 Å². The van der Waals surface area contributed by atoms with Crippen LogP contribution < -0.4 is 5.32 Å². The lowest BCUT2D eigenvalue weighted by atomic mass is 9.87. The number of amides is 1. The Balaban J connectivity index is 2.05. The molecule has 116 valence electrons. The number of nitrogens with one attached hydrogen (secondary N) is 1. The second kappa shape index (κ2) is 6.76. The summed E-state index contributed by atoms with van der Waals surface area (Å²) < 4.78 is 0. The van der Waals surface area contributed by atoms with Crippen LogP contribution in [0.2, 0.25) is 5.02 Å². The number of thioether (sulfide) groups is 1. The number of halogens is 1. The van der Waals surface area contributed by atoms with Gasteiger partial charge < -0.3 is 5.32 Å². The Bertz CT molecular complexity index is 674. The van der Waals surface area contributed by atoms with Crippen molar-refractivity contribution in [3.8, 4) is 0 Å². The fourth-order valence-corrected chi connectivity index (χ4v) is 2.83. The first-order valence-corrected chi connectivity index (χ1v) is 8.31. The molecule has 0 aliphatic rings. The summed E-state index contributed by atoms with van der Waals surface area (Å²) in [7, 11) is 0. The summed E-state index contributed by atoms with van der Waals surface area (Å²) in [5.74, 6) is 0. The Hall–Kier alpha value is -1.45. The summed E-state index contributed by atoms with van der Waals surface area (Å²) in [5, 5.41) is 3.42. The minimum atomic E-state index is -0.117. The van der Waals surface area contributed by atoms with E-state index in [0.29, 0.717) is 5.02 Å². The van der Waals surface area contributed by atoms with E-state index in [-0.39, 0.29) is 10.7 Å². The van der Waals surface area contributed by atoms with Gasteiger partial charge in [-0.2, -0.15) is 0 Å². The molecular weight excluding hydrogens is 314 g/mol. The van der Waals surface area contributed by atoms with E-state index < -0.39 is 0 Å². The lowest BCUT2D eigenvalue weighted by Crippen LogP contribution is -2.10. The van der Waals surface area contributed by atoms with Gasteiger partial charge >= 0.3 is 0 Å². The van der Waals surface area contributed by atoms with E-state index in [2.05, 4.69) is 38.2 Å².